The second-order valence-corrected chi connectivity index (χ2v) is 6.36. The van der Waals surface area contributed by atoms with Crippen LogP contribution in [0.3, 0.4) is 0 Å². The molecular weight excluding hydrogens is 443 g/mol. The highest BCUT2D eigenvalue weighted by Gasteiger charge is 2.19. The maximum atomic E-state index is 12.0. The SMILES string of the molecule is CCNC(=NCCC(=O)NCc1ccccc1)N(C)CC1CCOC1.I. The molecule has 1 aromatic rings. The van der Waals surface area contributed by atoms with Crippen LogP contribution >= 0.6 is 24.0 Å². The van der Waals surface area contributed by atoms with E-state index >= 15 is 0 Å². The number of nitrogens with one attached hydrogen (secondary N) is 2. The molecule has 2 N–H and O–H groups in total. The van der Waals surface area contributed by atoms with Crippen LogP contribution in [-0.4, -0.2) is 56.7 Å². The second-order valence-electron chi connectivity index (χ2n) is 6.36. The van der Waals surface area contributed by atoms with E-state index in [0.717, 1.165) is 44.2 Å². The molecule has 26 heavy (non-hydrogen) atoms. The fraction of sp³-hybridized carbons (Fsp3) is 0.579. The molecule has 0 aromatic heterocycles. The van der Waals surface area contributed by atoms with Gasteiger partial charge >= 0.3 is 0 Å². The van der Waals surface area contributed by atoms with Crippen LogP contribution < -0.4 is 10.6 Å². The van der Waals surface area contributed by atoms with Crippen molar-refractivity contribution in [3.05, 3.63) is 35.9 Å². The summed E-state index contributed by atoms with van der Waals surface area (Å²) in [6, 6.07) is 9.92. The average molecular weight is 474 g/mol. The van der Waals surface area contributed by atoms with E-state index in [9.17, 15) is 4.79 Å². The molecule has 1 aliphatic heterocycles. The molecule has 6 nitrogen and oxygen atoms in total. The number of carbonyl (C=O) groups excluding carboxylic acids is 1. The molecule has 1 aromatic carbocycles. The Labute approximate surface area is 173 Å². The molecule has 146 valence electrons. The van der Waals surface area contributed by atoms with E-state index in [-0.39, 0.29) is 29.9 Å². The topological polar surface area (TPSA) is 66.0 Å². The zero-order valence-electron chi connectivity index (χ0n) is 15.7. The maximum absolute atomic E-state index is 12.0. The summed E-state index contributed by atoms with van der Waals surface area (Å²) in [7, 11) is 2.04. The van der Waals surface area contributed by atoms with Crippen LogP contribution in [-0.2, 0) is 16.1 Å². The summed E-state index contributed by atoms with van der Waals surface area (Å²) in [6.45, 7) is 6.50. The number of ether oxygens (including phenoxy) is 1. The number of hydrogen-bond donors (Lipinski definition) is 2. The maximum Gasteiger partial charge on any atom is 0.222 e. The lowest BCUT2D eigenvalue weighted by Crippen LogP contribution is -2.41. The molecule has 1 heterocycles. The highest BCUT2D eigenvalue weighted by atomic mass is 127. The van der Waals surface area contributed by atoms with Gasteiger partial charge in [-0.3, -0.25) is 9.79 Å². The van der Waals surface area contributed by atoms with Gasteiger partial charge in [-0.2, -0.15) is 0 Å². The molecule has 0 aliphatic carbocycles. The van der Waals surface area contributed by atoms with Crippen LogP contribution in [0.4, 0.5) is 0 Å². The average Bonchev–Trinajstić information content (AvgIpc) is 3.13. The Balaban J connectivity index is 0.00000338. The number of carbonyl (C=O) groups is 1. The van der Waals surface area contributed by atoms with Crippen molar-refractivity contribution in [3.8, 4) is 0 Å². The van der Waals surface area contributed by atoms with Gasteiger partial charge in [0.2, 0.25) is 5.91 Å². The normalized spacial score (nSPS) is 16.7. The molecule has 0 bridgehead atoms. The van der Waals surface area contributed by atoms with Gasteiger partial charge in [-0.05, 0) is 18.9 Å². The summed E-state index contributed by atoms with van der Waals surface area (Å²) < 4.78 is 5.43. The van der Waals surface area contributed by atoms with Crippen LogP contribution in [0.5, 0.6) is 0 Å². The largest absolute Gasteiger partial charge is 0.381 e. The van der Waals surface area contributed by atoms with Gasteiger partial charge in [-0.25, -0.2) is 0 Å². The van der Waals surface area contributed by atoms with Gasteiger partial charge in [0.05, 0.1) is 13.2 Å². The summed E-state index contributed by atoms with van der Waals surface area (Å²) in [5.74, 6) is 1.43. The summed E-state index contributed by atoms with van der Waals surface area (Å²) >= 11 is 0. The predicted octanol–water partition coefficient (Wildman–Crippen LogP) is 2.24. The zero-order valence-corrected chi connectivity index (χ0v) is 18.1. The summed E-state index contributed by atoms with van der Waals surface area (Å²) in [6.07, 6.45) is 1.49. The van der Waals surface area contributed by atoms with Crippen molar-refractivity contribution in [3.63, 3.8) is 0 Å². The first-order chi connectivity index (χ1) is 12.2. The van der Waals surface area contributed by atoms with E-state index in [1.807, 2.05) is 37.4 Å². The third-order valence-corrected chi connectivity index (χ3v) is 4.19. The molecule has 0 spiro atoms. The quantitative estimate of drug-likeness (QED) is 0.345. The summed E-state index contributed by atoms with van der Waals surface area (Å²) in [4.78, 5) is 18.7. The lowest BCUT2D eigenvalue weighted by molar-refractivity contribution is -0.121. The lowest BCUT2D eigenvalue weighted by Gasteiger charge is -2.24. The molecule has 1 saturated heterocycles. The molecule has 1 fully saturated rings. The number of nitrogens with zero attached hydrogens (tertiary/aromatic N) is 2. The summed E-state index contributed by atoms with van der Waals surface area (Å²) in [5.41, 5.74) is 1.10. The second kappa shape index (κ2) is 12.9. The minimum atomic E-state index is 0. The zero-order chi connectivity index (χ0) is 17.9. The molecule has 1 unspecified atom stereocenters. The van der Waals surface area contributed by atoms with Gasteiger partial charge in [0.15, 0.2) is 5.96 Å². The van der Waals surface area contributed by atoms with E-state index in [1.165, 1.54) is 0 Å². The summed E-state index contributed by atoms with van der Waals surface area (Å²) in [5, 5.41) is 6.23. The number of rotatable bonds is 8. The Kier molecular flexibility index (Phi) is 11.3. The minimum Gasteiger partial charge on any atom is -0.381 e. The molecule has 1 amide bonds. The first kappa shape index (κ1) is 22.7. The molecule has 1 aliphatic rings. The number of aliphatic imine (C=N–C) groups is 1. The van der Waals surface area contributed by atoms with Gasteiger partial charge in [0.1, 0.15) is 0 Å². The Morgan fingerprint density at radius 3 is 2.73 bits per heavy atom. The van der Waals surface area contributed by atoms with Crippen LogP contribution in [0.1, 0.15) is 25.3 Å². The number of hydrogen-bond acceptors (Lipinski definition) is 3. The van der Waals surface area contributed by atoms with Crippen molar-refractivity contribution >= 4 is 35.8 Å². The van der Waals surface area contributed by atoms with E-state index in [1.54, 1.807) is 0 Å². The van der Waals surface area contributed by atoms with E-state index in [2.05, 4.69) is 27.4 Å². The Hall–Kier alpha value is -1.35. The fourth-order valence-electron chi connectivity index (χ4n) is 2.82. The number of benzene rings is 1. The lowest BCUT2D eigenvalue weighted by atomic mass is 10.1. The van der Waals surface area contributed by atoms with Crippen molar-refractivity contribution in [2.75, 3.05) is 39.9 Å². The van der Waals surface area contributed by atoms with Crippen molar-refractivity contribution in [1.82, 2.24) is 15.5 Å². The van der Waals surface area contributed by atoms with Gasteiger partial charge in [0.25, 0.3) is 0 Å². The highest BCUT2D eigenvalue weighted by Crippen LogP contribution is 2.13. The monoisotopic (exact) mass is 474 g/mol. The van der Waals surface area contributed by atoms with E-state index in [4.69, 9.17) is 4.74 Å². The van der Waals surface area contributed by atoms with Gasteiger partial charge in [-0.15, -0.1) is 24.0 Å². The number of halogens is 1. The molecular formula is C19H31IN4O2. The third-order valence-electron chi connectivity index (χ3n) is 4.19. The van der Waals surface area contributed by atoms with Crippen molar-refractivity contribution < 1.29 is 9.53 Å². The molecule has 2 rings (SSSR count). The van der Waals surface area contributed by atoms with Crippen molar-refractivity contribution in [2.45, 2.75) is 26.3 Å². The number of guanidine groups is 1. The first-order valence-electron chi connectivity index (χ1n) is 9.07. The molecule has 7 heteroatoms. The molecule has 0 radical (unpaired) electrons. The van der Waals surface area contributed by atoms with Gasteiger partial charge in [0, 0.05) is 45.6 Å². The smallest absolute Gasteiger partial charge is 0.222 e. The van der Waals surface area contributed by atoms with Gasteiger partial charge in [-0.1, -0.05) is 30.3 Å². The standard InChI is InChI=1S/C19H30N4O2.HI/c1-3-20-19(23(2)14-17-10-12-25-15-17)21-11-9-18(24)22-13-16-7-5-4-6-8-16;/h4-8,17H,3,9-15H2,1-2H3,(H,20,21)(H,22,24);1H. The van der Waals surface area contributed by atoms with Crippen LogP contribution in [0.2, 0.25) is 0 Å². The van der Waals surface area contributed by atoms with Crippen molar-refractivity contribution in [2.24, 2.45) is 10.9 Å². The van der Waals surface area contributed by atoms with Crippen molar-refractivity contribution in [1.29, 1.82) is 0 Å². The molecule has 1 atom stereocenters. The Morgan fingerprint density at radius 2 is 2.08 bits per heavy atom. The first-order valence-corrected chi connectivity index (χ1v) is 9.07. The van der Waals surface area contributed by atoms with Crippen LogP contribution in [0, 0.1) is 5.92 Å². The third kappa shape index (κ3) is 8.35. The fourth-order valence-corrected chi connectivity index (χ4v) is 2.82. The Morgan fingerprint density at radius 1 is 1.31 bits per heavy atom. The van der Waals surface area contributed by atoms with E-state index < -0.39 is 0 Å². The molecule has 0 saturated carbocycles. The highest BCUT2D eigenvalue weighted by molar-refractivity contribution is 14.0. The predicted molar refractivity (Wildman–Crippen MR) is 116 cm³/mol. The van der Waals surface area contributed by atoms with Crippen LogP contribution in [0.15, 0.2) is 35.3 Å². The van der Waals surface area contributed by atoms with E-state index in [0.29, 0.717) is 25.4 Å². The number of amides is 1. The van der Waals surface area contributed by atoms with Crippen LogP contribution in [0.25, 0.3) is 0 Å². The van der Waals surface area contributed by atoms with Gasteiger partial charge < -0.3 is 20.3 Å². The minimum absolute atomic E-state index is 0. The Bertz CT molecular complexity index is 548.